The first kappa shape index (κ1) is 14.5. The Balaban J connectivity index is 1.61. The number of amides is 1. The van der Waals surface area contributed by atoms with E-state index in [9.17, 15) is 9.90 Å². The fourth-order valence-corrected chi connectivity index (χ4v) is 4.34. The summed E-state index contributed by atoms with van der Waals surface area (Å²) in [5.74, 6) is -0.140. The minimum atomic E-state index is -0.673. The van der Waals surface area contributed by atoms with Crippen molar-refractivity contribution < 1.29 is 9.90 Å². The Morgan fingerprint density at radius 1 is 1.10 bits per heavy atom. The van der Waals surface area contributed by atoms with Crippen LogP contribution in [0.4, 0.5) is 0 Å². The van der Waals surface area contributed by atoms with Gasteiger partial charge in [-0.25, -0.2) is 0 Å². The van der Waals surface area contributed by atoms with E-state index >= 15 is 0 Å². The lowest BCUT2D eigenvalue weighted by Crippen LogP contribution is -2.27. The van der Waals surface area contributed by atoms with Crippen molar-refractivity contribution in [2.24, 2.45) is 0 Å². The zero-order chi connectivity index (χ0) is 14.7. The zero-order valence-corrected chi connectivity index (χ0v) is 13.4. The summed E-state index contributed by atoms with van der Waals surface area (Å²) in [4.78, 5) is 15.7. The van der Waals surface area contributed by atoms with E-state index in [0.717, 1.165) is 9.75 Å². The number of hydrogen-bond donors (Lipinski definition) is 2. The molecule has 1 atom stereocenters. The third kappa shape index (κ3) is 3.41. The van der Waals surface area contributed by atoms with Crippen LogP contribution in [0.3, 0.4) is 0 Å². The maximum absolute atomic E-state index is 11.8. The molecule has 3 nitrogen and oxygen atoms in total. The predicted octanol–water partition coefficient (Wildman–Crippen LogP) is 4.00. The molecule has 1 unspecified atom stereocenters. The minimum absolute atomic E-state index is 0.140. The molecular formula is C15H13NO2S3. The normalized spacial score (nSPS) is 12.2. The highest BCUT2D eigenvalue weighted by Crippen LogP contribution is 2.33. The molecule has 0 aliphatic rings. The van der Waals surface area contributed by atoms with E-state index in [1.165, 1.54) is 16.2 Å². The first-order valence-electron chi connectivity index (χ1n) is 6.37. The Bertz CT molecular complexity index is 701. The molecule has 108 valence electrons. The summed E-state index contributed by atoms with van der Waals surface area (Å²) in [6.45, 7) is 0.223. The molecule has 0 bridgehead atoms. The lowest BCUT2D eigenvalue weighted by atomic mass is 10.3. The molecule has 6 heteroatoms. The molecular weight excluding hydrogens is 322 g/mol. The summed E-state index contributed by atoms with van der Waals surface area (Å²) in [6, 6.07) is 11.6. The second-order valence-corrected chi connectivity index (χ2v) is 7.39. The molecule has 3 aromatic heterocycles. The lowest BCUT2D eigenvalue weighted by Gasteiger charge is -2.09. The average molecular weight is 335 g/mol. The topological polar surface area (TPSA) is 49.3 Å². The monoisotopic (exact) mass is 335 g/mol. The Hall–Kier alpha value is -1.47. The maximum Gasteiger partial charge on any atom is 0.261 e. The second-order valence-electron chi connectivity index (χ2n) is 4.38. The van der Waals surface area contributed by atoms with Gasteiger partial charge in [-0.3, -0.25) is 4.79 Å². The van der Waals surface area contributed by atoms with Crippen molar-refractivity contribution in [2.45, 2.75) is 6.10 Å². The third-order valence-electron chi connectivity index (χ3n) is 2.92. The maximum atomic E-state index is 11.8. The number of aliphatic hydroxyl groups excluding tert-OH is 1. The first-order valence-corrected chi connectivity index (χ1v) is 8.95. The van der Waals surface area contributed by atoms with Crippen molar-refractivity contribution in [1.29, 1.82) is 0 Å². The SMILES string of the molecule is O=C(NCC(O)c1ccc(-c2cccs2)s1)c1cccs1. The number of carbonyl (C=O) groups excluding carboxylic acids is 1. The molecule has 3 rings (SSSR count). The molecule has 0 radical (unpaired) electrons. The molecule has 0 aliphatic heterocycles. The highest BCUT2D eigenvalue weighted by Gasteiger charge is 2.14. The Morgan fingerprint density at radius 2 is 1.90 bits per heavy atom. The van der Waals surface area contributed by atoms with Crippen molar-refractivity contribution in [3.05, 3.63) is 56.9 Å². The van der Waals surface area contributed by atoms with E-state index in [0.29, 0.717) is 4.88 Å². The number of nitrogens with one attached hydrogen (secondary N) is 1. The van der Waals surface area contributed by atoms with Crippen LogP contribution in [0, 0.1) is 0 Å². The summed E-state index contributed by atoms with van der Waals surface area (Å²) >= 11 is 4.63. The van der Waals surface area contributed by atoms with E-state index < -0.39 is 6.10 Å². The lowest BCUT2D eigenvalue weighted by molar-refractivity contribution is 0.0922. The molecule has 3 aromatic rings. The van der Waals surface area contributed by atoms with Gasteiger partial charge >= 0.3 is 0 Å². The number of rotatable bonds is 5. The van der Waals surface area contributed by atoms with Crippen LogP contribution in [-0.4, -0.2) is 17.6 Å². The molecule has 1 amide bonds. The highest BCUT2D eigenvalue weighted by molar-refractivity contribution is 7.21. The highest BCUT2D eigenvalue weighted by atomic mass is 32.1. The Kier molecular flexibility index (Phi) is 4.50. The average Bonchev–Trinajstić information content (AvgIpc) is 3.25. The molecule has 0 spiro atoms. The summed E-state index contributed by atoms with van der Waals surface area (Å²) in [7, 11) is 0. The van der Waals surface area contributed by atoms with Crippen molar-refractivity contribution in [3.63, 3.8) is 0 Å². The Labute approximate surface area is 134 Å². The van der Waals surface area contributed by atoms with Gasteiger partial charge in [0.15, 0.2) is 0 Å². The standard InChI is InChI=1S/C15H13NO2S3/c17-10(9-16-15(18)14-4-2-8-20-14)11-5-6-13(21-11)12-3-1-7-19-12/h1-8,10,17H,9H2,(H,16,18). The van der Waals surface area contributed by atoms with Gasteiger partial charge in [0, 0.05) is 21.2 Å². The van der Waals surface area contributed by atoms with Crippen LogP contribution in [0.1, 0.15) is 20.7 Å². The van der Waals surface area contributed by atoms with Crippen molar-refractivity contribution in [3.8, 4) is 9.75 Å². The Morgan fingerprint density at radius 3 is 2.62 bits per heavy atom. The van der Waals surface area contributed by atoms with Gasteiger partial charge in [0.2, 0.25) is 0 Å². The number of thiophene rings is 3. The third-order valence-corrected chi connectivity index (χ3v) is 6.04. The molecule has 0 saturated carbocycles. The van der Waals surface area contributed by atoms with E-state index in [4.69, 9.17) is 0 Å². The smallest absolute Gasteiger partial charge is 0.261 e. The van der Waals surface area contributed by atoms with E-state index in [2.05, 4.69) is 11.4 Å². The van der Waals surface area contributed by atoms with Gasteiger partial charge in [0.25, 0.3) is 5.91 Å². The van der Waals surface area contributed by atoms with Crippen molar-refractivity contribution in [2.75, 3.05) is 6.54 Å². The molecule has 0 fully saturated rings. The van der Waals surface area contributed by atoms with Crippen LogP contribution in [0.25, 0.3) is 9.75 Å². The van der Waals surface area contributed by atoms with Gasteiger partial charge < -0.3 is 10.4 Å². The van der Waals surface area contributed by atoms with E-state index in [-0.39, 0.29) is 12.5 Å². The van der Waals surface area contributed by atoms with Crippen LogP contribution >= 0.6 is 34.0 Å². The summed E-state index contributed by atoms with van der Waals surface area (Å²) in [5, 5.41) is 16.8. The fourth-order valence-electron chi connectivity index (χ4n) is 1.87. The van der Waals surface area contributed by atoms with Crippen LogP contribution in [0.5, 0.6) is 0 Å². The van der Waals surface area contributed by atoms with E-state index in [1.807, 2.05) is 35.0 Å². The van der Waals surface area contributed by atoms with Crippen LogP contribution in [0.2, 0.25) is 0 Å². The van der Waals surface area contributed by atoms with Gasteiger partial charge in [-0.15, -0.1) is 34.0 Å². The number of carbonyl (C=O) groups is 1. The van der Waals surface area contributed by atoms with Gasteiger partial charge in [0.05, 0.1) is 4.88 Å². The molecule has 3 heterocycles. The van der Waals surface area contributed by atoms with Crippen LogP contribution in [0.15, 0.2) is 47.2 Å². The minimum Gasteiger partial charge on any atom is -0.386 e. The summed E-state index contributed by atoms with van der Waals surface area (Å²) < 4.78 is 0. The van der Waals surface area contributed by atoms with Gasteiger partial charge in [-0.2, -0.15) is 0 Å². The second kappa shape index (κ2) is 6.53. The van der Waals surface area contributed by atoms with Gasteiger partial charge in [0.1, 0.15) is 6.10 Å². The number of aliphatic hydroxyl groups is 1. The first-order chi connectivity index (χ1) is 10.2. The summed E-state index contributed by atoms with van der Waals surface area (Å²) in [6.07, 6.45) is -0.673. The van der Waals surface area contributed by atoms with Crippen molar-refractivity contribution >= 4 is 39.9 Å². The quantitative estimate of drug-likeness (QED) is 0.740. The largest absolute Gasteiger partial charge is 0.386 e. The van der Waals surface area contributed by atoms with Crippen LogP contribution in [-0.2, 0) is 0 Å². The molecule has 0 aromatic carbocycles. The van der Waals surface area contributed by atoms with E-state index in [1.54, 1.807) is 28.7 Å². The predicted molar refractivity (Wildman–Crippen MR) is 89.2 cm³/mol. The van der Waals surface area contributed by atoms with Crippen LogP contribution < -0.4 is 5.32 Å². The van der Waals surface area contributed by atoms with Gasteiger partial charge in [-0.1, -0.05) is 12.1 Å². The molecule has 21 heavy (non-hydrogen) atoms. The summed E-state index contributed by atoms with van der Waals surface area (Å²) in [5.41, 5.74) is 0. The molecule has 0 aliphatic carbocycles. The van der Waals surface area contributed by atoms with Crippen molar-refractivity contribution in [1.82, 2.24) is 5.32 Å². The molecule has 0 saturated heterocycles. The zero-order valence-electron chi connectivity index (χ0n) is 11.0. The fraction of sp³-hybridized carbons (Fsp3) is 0.133. The number of hydrogen-bond acceptors (Lipinski definition) is 5. The molecule has 2 N–H and O–H groups in total. The van der Waals surface area contributed by atoms with Gasteiger partial charge in [-0.05, 0) is 35.0 Å².